The van der Waals surface area contributed by atoms with E-state index in [1.807, 2.05) is 31.2 Å². The van der Waals surface area contributed by atoms with E-state index in [0.717, 1.165) is 11.3 Å². The topological polar surface area (TPSA) is 79.0 Å². The Balaban J connectivity index is 1.58. The van der Waals surface area contributed by atoms with Crippen LogP contribution in [0.25, 0.3) is 0 Å². The summed E-state index contributed by atoms with van der Waals surface area (Å²) in [5, 5.41) is 2.85. The molecule has 1 aliphatic heterocycles. The second kappa shape index (κ2) is 9.23. The number of piperazine rings is 1. The van der Waals surface area contributed by atoms with Crippen LogP contribution in [-0.4, -0.2) is 60.5 Å². The Labute approximate surface area is 170 Å². The van der Waals surface area contributed by atoms with E-state index >= 15 is 0 Å². The number of rotatable bonds is 4. The molecule has 0 bridgehead atoms. The Kier molecular flexibility index (Phi) is 6.49. The van der Waals surface area contributed by atoms with Crippen LogP contribution in [0.3, 0.4) is 0 Å². The Morgan fingerprint density at radius 1 is 0.931 bits per heavy atom. The van der Waals surface area contributed by atoms with Gasteiger partial charge in [-0.15, -0.1) is 0 Å². The highest BCUT2D eigenvalue weighted by atomic mass is 16.6. The third kappa shape index (κ3) is 5.13. The van der Waals surface area contributed by atoms with E-state index in [1.54, 1.807) is 41.0 Å². The molecule has 0 saturated carbocycles. The minimum Gasteiger partial charge on any atom is -0.450 e. The van der Waals surface area contributed by atoms with Gasteiger partial charge in [-0.05, 0) is 55.8 Å². The molecular weight excluding hydrogens is 370 g/mol. The first-order valence-corrected chi connectivity index (χ1v) is 9.67. The summed E-state index contributed by atoms with van der Waals surface area (Å²) in [6.45, 7) is 5.86. The van der Waals surface area contributed by atoms with Crippen LogP contribution in [0.4, 0.5) is 10.5 Å². The first-order chi connectivity index (χ1) is 14.0. The summed E-state index contributed by atoms with van der Waals surface area (Å²) in [5.74, 6) is -0.336. The maximum atomic E-state index is 12.7. The van der Waals surface area contributed by atoms with Gasteiger partial charge in [0.25, 0.3) is 11.8 Å². The van der Waals surface area contributed by atoms with Gasteiger partial charge in [-0.3, -0.25) is 9.59 Å². The lowest BCUT2D eigenvalue weighted by molar-refractivity contribution is 0.0570. The van der Waals surface area contributed by atoms with Crippen molar-refractivity contribution in [2.45, 2.75) is 13.8 Å². The Hall–Kier alpha value is -3.35. The predicted octanol–water partition coefficient (Wildman–Crippen LogP) is 3.16. The van der Waals surface area contributed by atoms with Gasteiger partial charge >= 0.3 is 6.09 Å². The zero-order valence-electron chi connectivity index (χ0n) is 16.7. The minimum absolute atomic E-state index is 0.112. The molecule has 29 heavy (non-hydrogen) atoms. The molecule has 1 saturated heterocycles. The number of ether oxygens (including phenoxy) is 1. The number of carbonyl (C=O) groups excluding carboxylic acids is 3. The van der Waals surface area contributed by atoms with Gasteiger partial charge in [-0.25, -0.2) is 4.79 Å². The molecule has 7 nitrogen and oxygen atoms in total. The van der Waals surface area contributed by atoms with Crippen LogP contribution in [-0.2, 0) is 4.74 Å². The summed E-state index contributed by atoms with van der Waals surface area (Å²) in [4.78, 5) is 40.2. The highest BCUT2D eigenvalue weighted by Crippen LogP contribution is 2.14. The fourth-order valence-electron chi connectivity index (χ4n) is 3.18. The summed E-state index contributed by atoms with van der Waals surface area (Å²) in [6, 6.07) is 14.2. The molecule has 152 valence electrons. The number of nitrogens with one attached hydrogen (secondary N) is 1. The van der Waals surface area contributed by atoms with Gasteiger partial charge in [0, 0.05) is 43.0 Å². The molecule has 2 aromatic rings. The maximum absolute atomic E-state index is 12.7. The van der Waals surface area contributed by atoms with Gasteiger partial charge in [0.2, 0.25) is 0 Å². The van der Waals surface area contributed by atoms with E-state index < -0.39 is 0 Å². The quantitative estimate of drug-likeness (QED) is 0.863. The zero-order valence-corrected chi connectivity index (χ0v) is 16.7. The smallest absolute Gasteiger partial charge is 0.409 e. The van der Waals surface area contributed by atoms with E-state index in [9.17, 15) is 14.4 Å². The average molecular weight is 395 g/mol. The number of carbonyl (C=O) groups is 3. The molecule has 0 aliphatic carbocycles. The number of nitrogens with zero attached hydrogens (tertiary/aromatic N) is 2. The number of amides is 3. The molecule has 7 heteroatoms. The Morgan fingerprint density at radius 2 is 1.55 bits per heavy atom. The lowest BCUT2D eigenvalue weighted by Crippen LogP contribution is -2.50. The van der Waals surface area contributed by atoms with Crippen molar-refractivity contribution in [2.75, 3.05) is 38.1 Å². The summed E-state index contributed by atoms with van der Waals surface area (Å²) < 4.78 is 4.99. The lowest BCUT2D eigenvalue weighted by Gasteiger charge is -2.34. The van der Waals surface area contributed by atoms with Crippen LogP contribution in [0.15, 0.2) is 48.5 Å². The third-order valence-electron chi connectivity index (χ3n) is 4.76. The van der Waals surface area contributed by atoms with Crippen molar-refractivity contribution in [3.63, 3.8) is 0 Å². The van der Waals surface area contributed by atoms with Gasteiger partial charge < -0.3 is 19.9 Å². The number of aryl methyl sites for hydroxylation is 1. The predicted molar refractivity (Wildman–Crippen MR) is 110 cm³/mol. The van der Waals surface area contributed by atoms with E-state index in [1.165, 1.54) is 0 Å². The highest BCUT2D eigenvalue weighted by Gasteiger charge is 2.25. The summed E-state index contributed by atoms with van der Waals surface area (Å²) >= 11 is 0. The van der Waals surface area contributed by atoms with Crippen molar-refractivity contribution in [3.05, 3.63) is 65.2 Å². The second-order valence-electron chi connectivity index (χ2n) is 6.88. The Bertz CT molecular complexity index is 887. The van der Waals surface area contributed by atoms with Crippen LogP contribution in [0.1, 0.15) is 33.2 Å². The molecule has 0 radical (unpaired) electrons. The summed E-state index contributed by atoms with van der Waals surface area (Å²) in [5.41, 5.74) is 2.79. The van der Waals surface area contributed by atoms with Gasteiger partial charge in [-0.1, -0.05) is 12.1 Å². The largest absolute Gasteiger partial charge is 0.450 e. The monoisotopic (exact) mass is 395 g/mol. The van der Waals surface area contributed by atoms with E-state index in [0.29, 0.717) is 43.9 Å². The standard InChI is InChI=1S/C22H25N3O4/c1-3-29-22(28)25-13-11-24(12-14-25)21(27)18-9-7-17(8-10-18)20(26)23-19-6-4-5-16(2)15-19/h4-10,15H,3,11-14H2,1-2H3,(H,23,26). The van der Waals surface area contributed by atoms with Gasteiger partial charge in [0.1, 0.15) is 0 Å². The molecule has 2 aromatic carbocycles. The first kappa shape index (κ1) is 20.4. The molecule has 1 N–H and O–H groups in total. The molecule has 3 rings (SSSR count). The average Bonchev–Trinajstić information content (AvgIpc) is 2.73. The molecule has 0 aromatic heterocycles. The number of hydrogen-bond donors (Lipinski definition) is 1. The highest BCUT2D eigenvalue weighted by molar-refractivity contribution is 6.05. The zero-order chi connectivity index (χ0) is 20.8. The molecule has 0 unspecified atom stereocenters. The van der Waals surface area contributed by atoms with Crippen LogP contribution >= 0.6 is 0 Å². The van der Waals surface area contributed by atoms with Crippen molar-refractivity contribution in [1.82, 2.24) is 9.80 Å². The molecule has 1 aliphatic rings. The van der Waals surface area contributed by atoms with Crippen LogP contribution in [0.5, 0.6) is 0 Å². The van der Waals surface area contributed by atoms with Gasteiger partial charge in [0.05, 0.1) is 6.61 Å². The molecule has 0 atom stereocenters. The molecule has 1 heterocycles. The van der Waals surface area contributed by atoms with Crippen molar-refractivity contribution < 1.29 is 19.1 Å². The lowest BCUT2D eigenvalue weighted by atomic mass is 10.1. The SMILES string of the molecule is CCOC(=O)N1CCN(C(=O)c2ccc(C(=O)Nc3cccc(C)c3)cc2)CC1. The molecule has 0 spiro atoms. The fourth-order valence-corrected chi connectivity index (χ4v) is 3.18. The number of hydrogen-bond acceptors (Lipinski definition) is 4. The summed E-state index contributed by atoms with van der Waals surface area (Å²) in [6.07, 6.45) is -0.344. The van der Waals surface area contributed by atoms with E-state index in [2.05, 4.69) is 5.32 Å². The fraction of sp³-hybridized carbons (Fsp3) is 0.318. The first-order valence-electron chi connectivity index (χ1n) is 9.67. The normalized spacial score (nSPS) is 13.7. The van der Waals surface area contributed by atoms with Crippen molar-refractivity contribution >= 4 is 23.6 Å². The minimum atomic E-state index is -0.344. The maximum Gasteiger partial charge on any atom is 0.409 e. The second-order valence-corrected chi connectivity index (χ2v) is 6.88. The molecule has 3 amide bonds. The van der Waals surface area contributed by atoms with E-state index in [-0.39, 0.29) is 17.9 Å². The van der Waals surface area contributed by atoms with Gasteiger partial charge in [0.15, 0.2) is 0 Å². The van der Waals surface area contributed by atoms with Crippen molar-refractivity contribution in [2.24, 2.45) is 0 Å². The number of benzene rings is 2. The Morgan fingerprint density at radius 3 is 2.17 bits per heavy atom. The van der Waals surface area contributed by atoms with Crippen LogP contribution < -0.4 is 5.32 Å². The third-order valence-corrected chi connectivity index (χ3v) is 4.76. The summed E-state index contributed by atoms with van der Waals surface area (Å²) in [7, 11) is 0. The molecular formula is C22H25N3O4. The van der Waals surface area contributed by atoms with Gasteiger partial charge in [-0.2, -0.15) is 0 Å². The molecule has 1 fully saturated rings. The van der Waals surface area contributed by atoms with Crippen molar-refractivity contribution in [3.8, 4) is 0 Å². The van der Waals surface area contributed by atoms with Crippen LogP contribution in [0.2, 0.25) is 0 Å². The van der Waals surface area contributed by atoms with Crippen molar-refractivity contribution in [1.29, 1.82) is 0 Å². The van der Waals surface area contributed by atoms with Crippen LogP contribution in [0, 0.1) is 6.92 Å². The van der Waals surface area contributed by atoms with E-state index in [4.69, 9.17) is 4.74 Å². The number of anilines is 1.